The largest absolute Gasteiger partial charge is 0.295 e. The molecule has 0 N–H and O–H groups in total. The van der Waals surface area contributed by atoms with Crippen LogP contribution < -0.4 is 0 Å². The minimum atomic E-state index is -0.761. The van der Waals surface area contributed by atoms with Crippen molar-refractivity contribution in [3.63, 3.8) is 0 Å². The normalized spacial score (nSPS) is 14.8. The second kappa shape index (κ2) is 5.43. The van der Waals surface area contributed by atoms with Crippen molar-refractivity contribution >= 4 is 17.6 Å². The maximum Gasteiger partial charge on any atom is 0.262 e. The monoisotopic (exact) mass is 311 g/mol. The third-order valence-corrected chi connectivity index (χ3v) is 4.07. The Balaban J connectivity index is 1.99. The van der Waals surface area contributed by atoms with E-state index < -0.39 is 23.7 Å². The average molecular weight is 311 g/mol. The first-order valence-corrected chi connectivity index (χ1v) is 7.19. The molecule has 2 amide bonds. The van der Waals surface area contributed by atoms with Gasteiger partial charge in [-0.05, 0) is 32.0 Å². The van der Waals surface area contributed by atoms with Crippen LogP contribution in [0.5, 0.6) is 0 Å². The van der Waals surface area contributed by atoms with Crippen molar-refractivity contribution in [3.8, 4) is 0 Å². The molecule has 116 valence electrons. The molecule has 0 aliphatic carbocycles. The topological polar surface area (TPSA) is 54.5 Å². The highest BCUT2D eigenvalue weighted by atomic mass is 19.1. The van der Waals surface area contributed by atoms with Gasteiger partial charge in [-0.15, -0.1) is 0 Å². The summed E-state index contributed by atoms with van der Waals surface area (Å²) in [4.78, 5) is 37.2. The number of halogens is 1. The fraction of sp³-hybridized carbons (Fsp3) is 0.167. The van der Waals surface area contributed by atoms with E-state index in [1.807, 2.05) is 0 Å². The number of hydrogen-bond acceptors (Lipinski definition) is 3. The summed E-state index contributed by atoms with van der Waals surface area (Å²) in [5.74, 6) is -1.73. The van der Waals surface area contributed by atoms with Gasteiger partial charge in [0.25, 0.3) is 11.8 Å². The smallest absolute Gasteiger partial charge is 0.262 e. The van der Waals surface area contributed by atoms with Crippen LogP contribution in [-0.4, -0.2) is 22.5 Å². The lowest BCUT2D eigenvalue weighted by atomic mass is 10.0. The standard InChI is InChI=1S/C18H14FNO3/c1-10(13-8-7-12(11(2)21)9-16(13)19)20-17(22)14-5-3-4-6-15(14)18(20)23/h3-10H,1-2H3. The van der Waals surface area contributed by atoms with E-state index in [0.717, 1.165) is 11.0 Å². The lowest BCUT2D eigenvalue weighted by molar-refractivity contribution is 0.0592. The minimum Gasteiger partial charge on any atom is -0.295 e. The van der Waals surface area contributed by atoms with Crippen molar-refractivity contribution < 1.29 is 18.8 Å². The molecule has 1 aliphatic heterocycles. The fourth-order valence-electron chi connectivity index (χ4n) is 2.78. The molecule has 0 saturated carbocycles. The van der Waals surface area contributed by atoms with Crippen molar-refractivity contribution in [2.24, 2.45) is 0 Å². The van der Waals surface area contributed by atoms with Crippen LogP contribution in [0.3, 0.4) is 0 Å². The molecule has 0 fully saturated rings. The number of fused-ring (bicyclic) bond motifs is 1. The number of carbonyl (C=O) groups excluding carboxylic acids is 3. The number of nitrogens with zero attached hydrogens (tertiary/aromatic N) is 1. The van der Waals surface area contributed by atoms with E-state index in [1.165, 1.54) is 19.1 Å². The van der Waals surface area contributed by atoms with Crippen molar-refractivity contribution in [2.75, 3.05) is 0 Å². The minimum absolute atomic E-state index is 0.199. The first-order valence-electron chi connectivity index (χ1n) is 7.19. The zero-order valence-corrected chi connectivity index (χ0v) is 12.7. The first-order chi connectivity index (χ1) is 10.9. The van der Waals surface area contributed by atoms with E-state index in [9.17, 15) is 18.8 Å². The van der Waals surface area contributed by atoms with Gasteiger partial charge >= 0.3 is 0 Å². The van der Waals surface area contributed by atoms with E-state index in [1.54, 1.807) is 31.2 Å². The highest BCUT2D eigenvalue weighted by Gasteiger charge is 2.39. The summed E-state index contributed by atoms with van der Waals surface area (Å²) in [6, 6.07) is 9.83. The highest BCUT2D eigenvalue weighted by Crippen LogP contribution is 2.32. The summed E-state index contributed by atoms with van der Waals surface area (Å²) < 4.78 is 14.3. The molecule has 5 heteroatoms. The molecule has 2 aromatic rings. The molecule has 0 aromatic heterocycles. The maximum atomic E-state index is 14.3. The van der Waals surface area contributed by atoms with Crippen LogP contribution in [0.4, 0.5) is 4.39 Å². The third-order valence-electron chi connectivity index (χ3n) is 4.07. The molecule has 4 nitrogen and oxygen atoms in total. The average Bonchev–Trinajstić information content (AvgIpc) is 2.78. The van der Waals surface area contributed by atoms with Crippen molar-refractivity contribution in [3.05, 3.63) is 70.5 Å². The fourth-order valence-corrected chi connectivity index (χ4v) is 2.78. The molecule has 2 aromatic carbocycles. The molecule has 23 heavy (non-hydrogen) atoms. The molecular formula is C18H14FNO3. The predicted octanol–water partition coefficient (Wildman–Crippen LogP) is 3.39. The maximum absolute atomic E-state index is 14.3. The molecule has 1 unspecified atom stereocenters. The molecule has 0 spiro atoms. The van der Waals surface area contributed by atoms with Gasteiger partial charge in [0.05, 0.1) is 17.2 Å². The van der Waals surface area contributed by atoms with Crippen molar-refractivity contribution in [1.82, 2.24) is 4.90 Å². The zero-order valence-electron chi connectivity index (χ0n) is 12.7. The molecule has 3 rings (SSSR count). The molecule has 1 atom stereocenters. The number of rotatable bonds is 3. The summed E-state index contributed by atoms with van der Waals surface area (Å²) >= 11 is 0. The Hall–Kier alpha value is -2.82. The number of amides is 2. The Labute approximate surface area is 132 Å². The molecule has 0 bridgehead atoms. The van der Waals surface area contributed by atoms with Gasteiger partial charge in [0.1, 0.15) is 5.82 Å². The van der Waals surface area contributed by atoms with E-state index in [0.29, 0.717) is 11.1 Å². The summed E-state index contributed by atoms with van der Waals surface area (Å²) in [5.41, 5.74) is 1.10. The predicted molar refractivity (Wildman–Crippen MR) is 81.8 cm³/mol. The summed E-state index contributed by atoms with van der Waals surface area (Å²) in [6.07, 6.45) is 0. The number of benzene rings is 2. The molecule has 0 radical (unpaired) electrons. The molecule has 1 heterocycles. The molecular weight excluding hydrogens is 297 g/mol. The van der Waals surface area contributed by atoms with Crippen LogP contribution in [0.15, 0.2) is 42.5 Å². The van der Waals surface area contributed by atoms with Crippen LogP contribution >= 0.6 is 0 Å². The van der Waals surface area contributed by atoms with Crippen LogP contribution in [0.1, 0.15) is 56.5 Å². The van der Waals surface area contributed by atoms with E-state index in [4.69, 9.17) is 0 Å². The molecule has 0 saturated heterocycles. The Kier molecular flexibility index (Phi) is 3.56. The van der Waals surface area contributed by atoms with Gasteiger partial charge in [-0.25, -0.2) is 4.39 Å². The van der Waals surface area contributed by atoms with Crippen LogP contribution in [0.2, 0.25) is 0 Å². The van der Waals surface area contributed by atoms with E-state index in [2.05, 4.69) is 0 Å². The summed E-state index contributed by atoms with van der Waals surface area (Å²) in [7, 11) is 0. The third kappa shape index (κ3) is 2.34. The van der Waals surface area contributed by atoms with Gasteiger partial charge in [0, 0.05) is 11.1 Å². The number of Topliss-reactive ketones (excluding diaryl/α,β-unsaturated/α-hetero) is 1. The van der Waals surface area contributed by atoms with Crippen molar-refractivity contribution in [1.29, 1.82) is 0 Å². The quantitative estimate of drug-likeness (QED) is 0.645. The molecule has 1 aliphatic rings. The van der Waals surface area contributed by atoms with Crippen LogP contribution in [0.25, 0.3) is 0 Å². The van der Waals surface area contributed by atoms with Crippen LogP contribution in [-0.2, 0) is 0 Å². The van der Waals surface area contributed by atoms with Gasteiger partial charge < -0.3 is 0 Å². The Bertz CT molecular complexity index is 809. The second-order valence-electron chi connectivity index (χ2n) is 5.49. The van der Waals surface area contributed by atoms with Gasteiger partial charge in [-0.1, -0.05) is 24.3 Å². The lowest BCUT2D eigenvalue weighted by Crippen LogP contribution is -2.33. The zero-order chi connectivity index (χ0) is 16.7. The Morgan fingerprint density at radius 3 is 2.09 bits per heavy atom. The lowest BCUT2D eigenvalue weighted by Gasteiger charge is -2.23. The highest BCUT2D eigenvalue weighted by molar-refractivity contribution is 6.21. The number of carbonyl (C=O) groups is 3. The van der Waals surface area contributed by atoms with Gasteiger partial charge in [-0.3, -0.25) is 19.3 Å². The van der Waals surface area contributed by atoms with Crippen LogP contribution in [0, 0.1) is 5.82 Å². The van der Waals surface area contributed by atoms with E-state index >= 15 is 0 Å². The van der Waals surface area contributed by atoms with Gasteiger partial charge in [0.2, 0.25) is 0 Å². The number of hydrogen-bond donors (Lipinski definition) is 0. The van der Waals surface area contributed by atoms with E-state index in [-0.39, 0.29) is 16.9 Å². The summed E-state index contributed by atoms with van der Waals surface area (Å²) in [5, 5.41) is 0. The van der Waals surface area contributed by atoms with Gasteiger partial charge in [-0.2, -0.15) is 0 Å². The number of imide groups is 1. The summed E-state index contributed by atoms with van der Waals surface area (Å²) in [6.45, 7) is 2.94. The Morgan fingerprint density at radius 1 is 1.04 bits per heavy atom. The SMILES string of the molecule is CC(=O)c1ccc(C(C)N2C(=O)c3ccccc3C2=O)c(F)c1. The van der Waals surface area contributed by atoms with Gasteiger partial charge in [0.15, 0.2) is 5.78 Å². The number of ketones is 1. The van der Waals surface area contributed by atoms with Crippen molar-refractivity contribution in [2.45, 2.75) is 19.9 Å². The first kappa shape index (κ1) is 15.1. The Morgan fingerprint density at radius 2 is 1.61 bits per heavy atom. The second-order valence-corrected chi connectivity index (χ2v) is 5.49.